The molecule has 4 nitrogen and oxygen atoms in total. The second-order valence-corrected chi connectivity index (χ2v) is 7.77. The summed E-state index contributed by atoms with van der Waals surface area (Å²) >= 11 is 3.24. The van der Waals surface area contributed by atoms with Gasteiger partial charge >= 0.3 is 0 Å². The summed E-state index contributed by atoms with van der Waals surface area (Å²) in [7, 11) is 0. The molecule has 3 N–H and O–H groups in total. The van der Waals surface area contributed by atoms with Crippen molar-refractivity contribution in [3.63, 3.8) is 0 Å². The van der Waals surface area contributed by atoms with Crippen molar-refractivity contribution in [2.24, 2.45) is 5.73 Å². The zero-order valence-electron chi connectivity index (χ0n) is 13.1. The van der Waals surface area contributed by atoms with E-state index in [1.165, 1.54) is 28.7 Å². The van der Waals surface area contributed by atoms with E-state index in [4.69, 9.17) is 5.73 Å². The fraction of sp³-hybridized carbons (Fsp3) is 0.294. The molecule has 0 radical (unpaired) electrons. The number of anilines is 1. The van der Waals surface area contributed by atoms with Crippen LogP contribution < -0.4 is 11.1 Å². The zero-order chi connectivity index (χ0) is 16.6. The molecule has 0 aliphatic heterocycles. The smallest absolute Gasteiger partial charge is 0.252 e. The van der Waals surface area contributed by atoms with Crippen molar-refractivity contribution >= 4 is 39.9 Å². The molecule has 0 spiro atoms. The van der Waals surface area contributed by atoms with Gasteiger partial charge in [0.1, 0.15) is 5.00 Å². The van der Waals surface area contributed by atoms with Crippen LogP contribution in [0.4, 0.5) is 5.00 Å². The van der Waals surface area contributed by atoms with Gasteiger partial charge in [0, 0.05) is 16.7 Å². The molecule has 0 saturated heterocycles. The van der Waals surface area contributed by atoms with Gasteiger partial charge in [-0.1, -0.05) is 13.0 Å². The SMILES string of the molecule is CCSc1ccc2c(c1)-c1sc(NC(C)=O)c(C(N)=O)c1CC2. The summed E-state index contributed by atoms with van der Waals surface area (Å²) < 4.78 is 0. The number of aryl methyl sites for hydroxylation is 1. The standard InChI is InChI=1S/C17H18N2O2S2/c1-3-22-11-6-4-10-5-7-12-14(16(18)21)17(19-9(2)20)23-15(12)13(10)8-11/h4,6,8H,3,5,7H2,1-2H3,(H2,18,21)(H,19,20). The first kappa shape index (κ1) is 16.1. The largest absolute Gasteiger partial charge is 0.365 e. The summed E-state index contributed by atoms with van der Waals surface area (Å²) in [6, 6.07) is 6.49. The monoisotopic (exact) mass is 346 g/mol. The van der Waals surface area contributed by atoms with Gasteiger partial charge in [-0.25, -0.2) is 0 Å². The van der Waals surface area contributed by atoms with Crippen LogP contribution in [-0.2, 0) is 17.6 Å². The lowest BCUT2D eigenvalue weighted by Crippen LogP contribution is -2.17. The highest BCUT2D eigenvalue weighted by Gasteiger charge is 2.27. The normalized spacial score (nSPS) is 12.4. The van der Waals surface area contributed by atoms with E-state index in [1.807, 2.05) is 0 Å². The van der Waals surface area contributed by atoms with Gasteiger partial charge in [-0.2, -0.15) is 0 Å². The number of thiophene rings is 1. The van der Waals surface area contributed by atoms with E-state index in [-0.39, 0.29) is 5.91 Å². The van der Waals surface area contributed by atoms with Gasteiger partial charge in [-0.15, -0.1) is 23.1 Å². The van der Waals surface area contributed by atoms with E-state index in [2.05, 4.69) is 30.4 Å². The van der Waals surface area contributed by atoms with Gasteiger partial charge in [0.25, 0.3) is 5.91 Å². The van der Waals surface area contributed by atoms with Crippen LogP contribution in [-0.4, -0.2) is 17.6 Å². The van der Waals surface area contributed by atoms with Gasteiger partial charge in [0.2, 0.25) is 5.91 Å². The molecule has 0 bridgehead atoms. The van der Waals surface area contributed by atoms with Gasteiger partial charge in [0.15, 0.2) is 0 Å². The highest BCUT2D eigenvalue weighted by molar-refractivity contribution is 7.99. The van der Waals surface area contributed by atoms with Crippen LogP contribution in [0.2, 0.25) is 0 Å². The molecule has 1 heterocycles. The molecular formula is C17H18N2O2S2. The van der Waals surface area contributed by atoms with Crippen molar-refractivity contribution in [2.45, 2.75) is 31.6 Å². The Kier molecular flexibility index (Phi) is 4.46. The fourth-order valence-electron chi connectivity index (χ4n) is 2.93. The molecule has 1 aromatic heterocycles. The molecule has 120 valence electrons. The number of rotatable bonds is 4. The molecule has 0 saturated carbocycles. The number of primary amides is 1. The first-order chi connectivity index (χ1) is 11.0. The predicted octanol–water partition coefficient (Wildman–Crippen LogP) is 3.68. The molecule has 1 aliphatic carbocycles. The molecule has 0 atom stereocenters. The second kappa shape index (κ2) is 6.37. The molecule has 1 aromatic carbocycles. The zero-order valence-corrected chi connectivity index (χ0v) is 14.7. The third-order valence-corrected chi connectivity index (χ3v) is 5.88. The number of fused-ring (bicyclic) bond motifs is 3. The van der Waals surface area contributed by atoms with Crippen LogP contribution in [0, 0.1) is 0 Å². The minimum atomic E-state index is -0.478. The maximum Gasteiger partial charge on any atom is 0.252 e. The number of carbonyl (C=O) groups is 2. The summed E-state index contributed by atoms with van der Waals surface area (Å²) in [6.45, 7) is 3.56. The van der Waals surface area contributed by atoms with Crippen LogP contribution in [0.25, 0.3) is 10.4 Å². The van der Waals surface area contributed by atoms with E-state index in [9.17, 15) is 9.59 Å². The Labute approximate surface area is 143 Å². The van der Waals surface area contributed by atoms with Crippen LogP contribution >= 0.6 is 23.1 Å². The number of hydrogen-bond acceptors (Lipinski definition) is 4. The van der Waals surface area contributed by atoms with Crippen molar-refractivity contribution in [3.8, 4) is 10.4 Å². The fourth-order valence-corrected chi connectivity index (χ4v) is 4.98. The van der Waals surface area contributed by atoms with Crippen molar-refractivity contribution in [1.29, 1.82) is 0 Å². The first-order valence-electron chi connectivity index (χ1n) is 7.50. The van der Waals surface area contributed by atoms with Crippen LogP contribution in [0.3, 0.4) is 0 Å². The summed E-state index contributed by atoms with van der Waals surface area (Å²) in [5.74, 6) is 0.343. The van der Waals surface area contributed by atoms with E-state index < -0.39 is 5.91 Å². The molecule has 0 unspecified atom stereocenters. The highest BCUT2D eigenvalue weighted by Crippen LogP contribution is 2.45. The Hall–Kier alpha value is -1.79. The lowest BCUT2D eigenvalue weighted by molar-refractivity contribution is -0.114. The minimum Gasteiger partial charge on any atom is -0.365 e. The van der Waals surface area contributed by atoms with Crippen molar-refractivity contribution in [2.75, 3.05) is 11.1 Å². The number of nitrogens with one attached hydrogen (secondary N) is 1. The van der Waals surface area contributed by atoms with Gasteiger partial charge < -0.3 is 11.1 Å². The van der Waals surface area contributed by atoms with E-state index >= 15 is 0 Å². The Morgan fingerprint density at radius 1 is 1.35 bits per heavy atom. The first-order valence-corrected chi connectivity index (χ1v) is 9.30. The molecule has 2 amide bonds. The quantitative estimate of drug-likeness (QED) is 0.830. The number of benzene rings is 1. The lowest BCUT2D eigenvalue weighted by Gasteiger charge is -2.17. The van der Waals surface area contributed by atoms with Gasteiger partial charge in [0.05, 0.1) is 5.56 Å². The van der Waals surface area contributed by atoms with Gasteiger partial charge in [-0.3, -0.25) is 9.59 Å². The molecular weight excluding hydrogens is 328 g/mol. The van der Waals surface area contributed by atoms with E-state index in [0.717, 1.165) is 34.6 Å². The molecule has 0 fully saturated rings. The molecule has 23 heavy (non-hydrogen) atoms. The molecule has 1 aliphatic rings. The Morgan fingerprint density at radius 2 is 2.13 bits per heavy atom. The molecule has 3 rings (SSSR count). The molecule has 2 aromatic rings. The maximum atomic E-state index is 11.9. The number of amides is 2. The summed E-state index contributed by atoms with van der Waals surface area (Å²) in [5, 5.41) is 3.32. The van der Waals surface area contributed by atoms with Crippen LogP contribution in [0.1, 0.15) is 35.3 Å². The van der Waals surface area contributed by atoms with Crippen molar-refractivity contribution in [1.82, 2.24) is 0 Å². The Bertz CT molecular complexity index is 796. The Morgan fingerprint density at radius 3 is 2.78 bits per heavy atom. The van der Waals surface area contributed by atoms with Crippen LogP contribution in [0.5, 0.6) is 0 Å². The summed E-state index contributed by atoms with van der Waals surface area (Å²) in [5.41, 5.74) is 9.45. The highest BCUT2D eigenvalue weighted by atomic mass is 32.2. The molecule has 6 heteroatoms. The number of carbonyl (C=O) groups excluding carboxylic acids is 2. The number of hydrogen-bond donors (Lipinski definition) is 2. The summed E-state index contributed by atoms with van der Waals surface area (Å²) in [6.07, 6.45) is 1.66. The van der Waals surface area contributed by atoms with Crippen molar-refractivity contribution in [3.05, 3.63) is 34.9 Å². The minimum absolute atomic E-state index is 0.193. The van der Waals surface area contributed by atoms with Crippen molar-refractivity contribution < 1.29 is 9.59 Å². The maximum absolute atomic E-state index is 11.9. The van der Waals surface area contributed by atoms with Crippen LogP contribution in [0.15, 0.2) is 23.1 Å². The predicted molar refractivity (Wildman–Crippen MR) is 96.4 cm³/mol. The number of nitrogens with two attached hydrogens (primary N) is 1. The number of thioether (sulfide) groups is 1. The third kappa shape index (κ3) is 3.01. The van der Waals surface area contributed by atoms with E-state index in [0.29, 0.717) is 10.6 Å². The van der Waals surface area contributed by atoms with Gasteiger partial charge in [-0.05, 0) is 47.4 Å². The average molecular weight is 346 g/mol. The van der Waals surface area contributed by atoms with E-state index in [1.54, 1.807) is 11.8 Å². The second-order valence-electron chi connectivity index (χ2n) is 5.41. The third-order valence-electron chi connectivity index (χ3n) is 3.82. The Balaban J connectivity index is 2.16. The lowest BCUT2D eigenvalue weighted by atomic mass is 9.89. The summed E-state index contributed by atoms with van der Waals surface area (Å²) in [4.78, 5) is 25.6. The topological polar surface area (TPSA) is 72.2 Å². The average Bonchev–Trinajstić information content (AvgIpc) is 2.85.